The minimum absolute atomic E-state index is 0.0927. The van der Waals surface area contributed by atoms with Crippen LogP contribution in [0.1, 0.15) is 46.0 Å². The molecule has 1 fully saturated rings. The molecule has 1 amide bonds. The van der Waals surface area contributed by atoms with Gasteiger partial charge in [-0.2, -0.15) is 0 Å². The Balaban J connectivity index is 2.08. The van der Waals surface area contributed by atoms with Crippen LogP contribution >= 0.6 is 11.6 Å². The van der Waals surface area contributed by atoms with Crippen molar-refractivity contribution in [3.63, 3.8) is 0 Å². The Morgan fingerprint density at radius 3 is 2.87 bits per heavy atom. The SMILES string of the molecule is CCCOc1ccc(NC(=O)[C@@]2(OC)CCC[C@H](C)C2)cc1Cl. The smallest absolute Gasteiger partial charge is 0.256 e. The first-order valence-electron chi connectivity index (χ1n) is 8.29. The molecule has 2 rings (SSSR count). The number of hydrogen-bond acceptors (Lipinski definition) is 3. The topological polar surface area (TPSA) is 47.6 Å². The first kappa shape index (κ1) is 18.1. The number of nitrogens with one attached hydrogen (secondary N) is 1. The normalized spacial score (nSPS) is 24.3. The predicted molar refractivity (Wildman–Crippen MR) is 93.2 cm³/mol. The van der Waals surface area contributed by atoms with Crippen LogP contribution in [-0.2, 0) is 9.53 Å². The molecule has 23 heavy (non-hydrogen) atoms. The van der Waals surface area contributed by atoms with Gasteiger partial charge in [-0.3, -0.25) is 4.79 Å². The highest BCUT2D eigenvalue weighted by atomic mass is 35.5. The molecule has 1 aliphatic carbocycles. The molecule has 2 atom stereocenters. The van der Waals surface area contributed by atoms with Crippen LogP contribution in [0.25, 0.3) is 0 Å². The van der Waals surface area contributed by atoms with Crippen molar-refractivity contribution < 1.29 is 14.3 Å². The summed E-state index contributed by atoms with van der Waals surface area (Å²) in [5.74, 6) is 1.03. The van der Waals surface area contributed by atoms with E-state index in [2.05, 4.69) is 12.2 Å². The van der Waals surface area contributed by atoms with Gasteiger partial charge in [0.2, 0.25) is 0 Å². The number of anilines is 1. The molecule has 1 aromatic rings. The Kier molecular flexibility index (Phi) is 6.31. The van der Waals surface area contributed by atoms with Crippen molar-refractivity contribution in [1.29, 1.82) is 0 Å². The zero-order chi connectivity index (χ0) is 16.9. The number of rotatable bonds is 6. The molecule has 0 heterocycles. The van der Waals surface area contributed by atoms with Crippen LogP contribution in [0.15, 0.2) is 18.2 Å². The Bertz CT molecular complexity index is 549. The maximum absolute atomic E-state index is 12.7. The third-order valence-corrected chi connectivity index (χ3v) is 4.71. The van der Waals surface area contributed by atoms with E-state index >= 15 is 0 Å². The Labute approximate surface area is 143 Å². The van der Waals surface area contributed by atoms with Gasteiger partial charge < -0.3 is 14.8 Å². The fourth-order valence-electron chi connectivity index (χ4n) is 3.14. The van der Waals surface area contributed by atoms with Crippen LogP contribution in [0.5, 0.6) is 5.75 Å². The molecule has 0 saturated heterocycles. The van der Waals surface area contributed by atoms with E-state index in [1.54, 1.807) is 19.2 Å². The van der Waals surface area contributed by atoms with Crippen molar-refractivity contribution in [1.82, 2.24) is 0 Å². The molecule has 0 radical (unpaired) electrons. The fourth-order valence-corrected chi connectivity index (χ4v) is 3.38. The second-order valence-electron chi connectivity index (χ2n) is 6.35. The Hall–Kier alpha value is -1.26. The van der Waals surface area contributed by atoms with E-state index in [9.17, 15) is 4.79 Å². The number of amides is 1. The van der Waals surface area contributed by atoms with Crippen LogP contribution in [0.3, 0.4) is 0 Å². The van der Waals surface area contributed by atoms with Gasteiger partial charge in [-0.15, -0.1) is 0 Å². The molecule has 1 aliphatic rings. The number of methoxy groups -OCH3 is 1. The quantitative estimate of drug-likeness (QED) is 0.819. The van der Waals surface area contributed by atoms with Gasteiger partial charge in [-0.1, -0.05) is 31.9 Å². The zero-order valence-corrected chi connectivity index (χ0v) is 14.9. The molecule has 0 aliphatic heterocycles. The minimum Gasteiger partial charge on any atom is -0.492 e. The van der Waals surface area contributed by atoms with E-state index in [1.807, 2.05) is 13.0 Å². The van der Waals surface area contributed by atoms with Crippen LogP contribution in [0.4, 0.5) is 5.69 Å². The second kappa shape index (κ2) is 8.02. The van der Waals surface area contributed by atoms with E-state index in [0.29, 0.717) is 29.0 Å². The summed E-state index contributed by atoms with van der Waals surface area (Å²) in [6.45, 7) is 4.82. The standard InChI is InChI=1S/C18H26ClNO3/c1-4-10-23-16-8-7-14(11-15(16)19)20-17(21)18(22-3)9-5-6-13(2)12-18/h7-8,11,13H,4-6,9-10,12H2,1-3H3,(H,20,21)/t13-,18+/m0/s1. The van der Waals surface area contributed by atoms with Gasteiger partial charge >= 0.3 is 0 Å². The maximum Gasteiger partial charge on any atom is 0.256 e. The molecule has 0 bridgehead atoms. The van der Waals surface area contributed by atoms with Crippen molar-refractivity contribution in [2.24, 2.45) is 5.92 Å². The lowest BCUT2D eigenvalue weighted by molar-refractivity contribution is -0.143. The lowest BCUT2D eigenvalue weighted by Crippen LogP contribution is -2.47. The molecular weight excluding hydrogens is 314 g/mol. The molecule has 4 nitrogen and oxygen atoms in total. The highest BCUT2D eigenvalue weighted by Gasteiger charge is 2.42. The van der Waals surface area contributed by atoms with Gasteiger partial charge in [0, 0.05) is 12.8 Å². The van der Waals surface area contributed by atoms with E-state index < -0.39 is 5.60 Å². The highest BCUT2D eigenvalue weighted by molar-refractivity contribution is 6.32. The number of carbonyl (C=O) groups is 1. The number of ether oxygens (including phenoxy) is 2. The van der Waals surface area contributed by atoms with E-state index in [1.165, 1.54) is 0 Å². The molecule has 128 valence electrons. The zero-order valence-electron chi connectivity index (χ0n) is 14.2. The average Bonchev–Trinajstić information content (AvgIpc) is 2.54. The van der Waals surface area contributed by atoms with E-state index in [4.69, 9.17) is 21.1 Å². The monoisotopic (exact) mass is 339 g/mol. The van der Waals surface area contributed by atoms with Crippen LogP contribution in [0.2, 0.25) is 5.02 Å². The number of hydrogen-bond donors (Lipinski definition) is 1. The third kappa shape index (κ3) is 4.39. The summed E-state index contributed by atoms with van der Waals surface area (Å²) in [4.78, 5) is 12.7. The lowest BCUT2D eigenvalue weighted by Gasteiger charge is -2.37. The summed E-state index contributed by atoms with van der Waals surface area (Å²) in [5.41, 5.74) is -0.0693. The predicted octanol–water partition coefficient (Wildman–Crippen LogP) is 4.66. The maximum atomic E-state index is 12.7. The van der Waals surface area contributed by atoms with Gasteiger partial charge in [-0.05, 0) is 49.8 Å². The summed E-state index contributed by atoms with van der Waals surface area (Å²) in [6.07, 6.45) is 4.58. The van der Waals surface area contributed by atoms with Crippen molar-refractivity contribution in [2.45, 2.75) is 51.6 Å². The number of benzene rings is 1. The molecule has 5 heteroatoms. The van der Waals surface area contributed by atoms with Crippen molar-refractivity contribution in [3.8, 4) is 5.75 Å². The van der Waals surface area contributed by atoms with Crippen LogP contribution in [-0.4, -0.2) is 25.2 Å². The molecule has 0 spiro atoms. The summed E-state index contributed by atoms with van der Waals surface area (Å²) < 4.78 is 11.2. The summed E-state index contributed by atoms with van der Waals surface area (Å²) in [5, 5.41) is 3.44. The summed E-state index contributed by atoms with van der Waals surface area (Å²) >= 11 is 6.22. The average molecular weight is 340 g/mol. The second-order valence-corrected chi connectivity index (χ2v) is 6.75. The van der Waals surface area contributed by atoms with Crippen LogP contribution < -0.4 is 10.1 Å². The third-order valence-electron chi connectivity index (χ3n) is 4.41. The summed E-state index contributed by atoms with van der Waals surface area (Å²) in [7, 11) is 1.62. The van der Waals surface area contributed by atoms with Crippen molar-refractivity contribution in [3.05, 3.63) is 23.2 Å². The number of carbonyl (C=O) groups excluding carboxylic acids is 1. The molecule has 1 saturated carbocycles. The first-order chi connectivity index (χ1) is 11.0. The van der Waals surface area contributed by atoms with Gasteiger partial charge in [0.15, 0.2) is 0 Å². The largest absolute Gasteiger partial charge is 0.492 e. The minimum atomic E-state index is -0.735. The molecule has 0 aromatic heterocycles. The van der Waals surface area contributed by atoms with Crippen LogP contribution in [0, 0.1) is 5.92 Å². The highest BCUT2D eigenvalue weighted by Crippen LogP contribution is 2.36. The first-order valence-corrected chi connectivity index (χ1v) is 8.67. The molecular formula is C18H26ClNO3. The summed E-state index contributed by atoms with van der Waals surface area (Å²) in [6, 6.07) is 5.32. The van der Waals surface area contributed by atoms with Crippen molar-refractivity contribution in [2.75, 3.05) is 19.0 Å². The Morgan fingerprint density at radius 1 is 1.48 bits per heavy atom. The van der Waals surface area contributed by atoms with Crippen molar-refractivity contribution >= 4 is 23.2 Å². The van der Waals surface area contributed by atoms with Gasteiger partial charge in [0.25, 0.3) is 5.91 Å². The van der Waals surface area contributed by atoms with E-state index in [-0.39, 0.29) is 5.91 Å². The molecule has 0 unspecified atom stereocenters. The fraction of sp³-hybridized carbons (Fsp3) is 0.611. The number of halogens is 1. The molecule has 1 N–H and O–H groups in total. The van der Waals surface area contributed by atoms with E-state index in [0.717, 1.165) is 32.1 Å². The van der Waals surface area contributed by atoms with Gasteiger partial charge in [0.05, 0.1) is 11.6 Å². The van der Waals surface area contributed by atoms with Gasteiger partial charge in [-0.25, -0.2) is 0 Å². The van der Waals surface area contributed by atoms with Gasteiger partial charge in [0.1, 0.15) is 11.4 Å². The Morgan fingerprint density at radius 2 is 2.26 bits per heavy atom. The molecule has 1 aromatic carbocycles. The lowest BCUT2D eigenvalue weighted by atomic mass is 9.78.